The Labute approximate surface area is 150 Å². The number of ether oxygens (including phenoxy) is 5. The largest absolute Gasteiger partial charge is 0.463 e. The van der Waals surface area contributed by atoms with Crippen LogP contribution in [0.3, 0.4) is 0 Å². The summed E-state index contributed by atoms with van der Waals surface area (Å²) in [6.45, 7) is 4.32. The first-order chi connectivity index (χ1) is 11.1. The molecule has 10 nitrogen and oxygen atoms in total. The normalized spacial score (nSPS) is 28.1. The number of nitrogens with two attached hydrogens (primary N) is 1. The molecule has 0 bridgehead atoms. The maximum absolute atomic E-state index is 11.3. The van der Waals surface area contributed by atoms with Crippen molar-refractivity contribution >= 4 is 36.3 Å². The van der Waals surface area contributed by atoms with E-state index >= 15 is 0 Å². The van der Waals surface area contributed by atoms with Gasteiger partial charge in [-0.2, -0.15) is 0 Å². The molecular formula is C14H22ClNO9. The van der Waals surface area contributed by atoms with Crippen LogP contribution in [0.5, 0.6) is 0 Å². The Balaban J connectivity index is 0.00000576. The predicted molar refractivity (Wildman–Crippen MR) is 83.4 cm³/mol. The fourth-order valence-corrected chi connectivity index (χ4v) is 2.20. The first-order valence-electron chi connectivity index (χ1n) is 7.18. The van der Waals surface area contributed by atoms with Crippen LogP contribution in [0.15, 0.2) is 0 Å². The third-order valence-corrected chi connectivity index (χ3v) is 3.03. The van der Waals surface area contributed by atoms with Crippen molar-refractivity contribution in [1.29, 1.82) is 0 Å². The highest BCUT2D eigenvalue weighted by molar-refractivity contribution is 5.85. The highest BCUT2D eigenvalue weighted by Crippen LogP contribution is 2.26. The summed E-state index contributed by atoms with van der Waals surface area (Å²) in [5.74, 6) is -2.62. The van der Waals surface area contributed by atoms with Crippen molar-refractivity contribution < 1.29 is 42.9 Å². The molecule has 2 unspecified atom stereocenters. The van der Waals surface area contributed by atoms with Crippen LogP contribution < -0.4 is 5.73 Å². The SMILES string of the molecule is CC(=O)OC[C@H]1O[C@@H](OC(C)=O)C(N)[C@@H](OC(C)=O)C1OC(C)=O.Cl. The van der Waals surface area contributed by atoms with Gasteiger partial charge in [-0.3, -0.25) is 19.2 Å². The van der Waals surface area contributed by atoms with Crippen molar-refractivity contribution in [3.63, 3.8) is 0 Å². The van der Waals surface area contributed by atoms with Gasteiger partial charge < -0.3 is 29.4 Å². The van der Waals surface area contributed by atoms with Gasteiger partial charge in [0.2, 0.25) is 6.29 Å². The van der Waals surface area contributed by atoms with Gasteiger partial charge in [0.15, 0.2) is 12.2 Å². The summed E-state index contributed by atoms with van der Waals surface area (Å²) in [7, 11) is 0. The molecule has 0 spiro atoms. The van der Waals surface area contributed by atoms with Gasteiger partial charge in [0.25, 0.3) is 0 Å². The molecule has 1 fully saturated rings. The lowest BCUT2D eigenvalue weighted by molar-refractivity contribution is -0.267. The lowest BCUT2D eigenvalue weighted by Gasteiger charge is -2.42. The first-order valence-corrected chi connectivity index (χ1v) is 7.18. The molecule has 25 heavy (non-hydrogen) atoms. The van der Waals surface area contributed by atoms with Crippen LogP contribution in [0.2, 0.25) is 0 Å². The zero-order valence-electron chi connectivity index (χ0n) is 14.3. The molecule has 1 saturated heterocycles. The maximum Gasteiger partial charge on any atom is 0.304 e. The molecule has 11 heteroatoms. The van der Waals surface area contributed by atoms with Gasteiger partial charge in [0.05, 0.1) is 0 Å². The second-order valence-corrected chi connectivity index (χ2v) is 5.18. The van der Waals surface area contributed by atoms with Gasteiger partial charge in [0.1, 0.15) is 18.8 Å². The lowest BCUT2D eigenvalue weighted by Crippen LogP contribution is -2.65. The summed E-state index contributed by atoms with van der Waals surface area (Å²) in [6.07, 6.45) is -4.58. The summed E-state index contributed by atoms with van der Waals surface area (Å²) < 4.78 is 25.5. The summed E-state index contributed by atoms with van der Waals surface area (Å²) >= 11 is 0. The standard InChI is InChI=1S/C14H21NO9.ClH/c1-6(16)20-5-10-12(21-7(2)17)13(22-8(3)18)11(15)14(24-10)23-9(4)19;/h10-14H,5,15H2,1-4H3;1H/t10-,11?,12?,13-,14-;/m1./s1. The predicted octanol–water partition coefficient (Wildman–Crippen LogP) is -0.550. The van der Waals surface area contributed by atoms with Crippen LogP contribution >= 0.6 is 12.4 Å². The Bertz CT molecular complexity index is 497. The maximum atomic E-state index is 11.3. The third-order valence-electron chi connectivity index (χ3n) is 3.03. The Hall–Kier alpha value is -1.91. The molecule has 0 radical (unpaired) electrons. The zero-order valence-corrected chi connectivity index (χ0v) is 15.1. The molecule has 0 aromatic carbocycles. The average Bonchev–Trinajstić information content (AvgIpc) is 2.42. The summed E-state index contributed by atoms with van der Waals surface area (Å²) in [5, 5.41) is 0. The van der Waals surface area contributed by atoms with Gasteiger partial charge in [-0.1, -0.05) is 0 Å². The van der Waals surface area contributed by atoms with E-state index in [9.17, 15) is 19.2 Å². The van der Waals surface area contributed by atoms with Crippen LogP contribution in [0.4, 0.5) is 0 Å². The van der Waals surface area contributed by atoms with E-state index in [4.69, 9.17) is 29.4 Å². The number of carbonyl (C=O) groups excluding carboxylic acids is 4. The van der Waals surface area contributed by atoms with E-state index in [0.717, 1.165) is 20.8 Å². The second kappa shape index (κ2) is 10.2. The van der Waals surface area contributed by atoms with E-state index < -0.39 is 54.5 Å². The van der Waals surface area contributed by atoms with Gasteiger partial charge in [-0.05, 0) is 0 Å². The fourth-order valence-electron chi connectivity index (χ4n) is 2.20. The van der Waals surface area contributed by atoms with Crippen molar-refractivity contribution in [2.75, 3.05) is 6.61 Å². The van der Waals surface area contributed by atoms with E-state index in [0.29, 0.717) is 0 Å². The smallest absolute Gasteiger partial charge is 0.304 e. The summed E-state index contributed by atoms with van der Waals surface area (Å²) in [6, 6.07) is -1.10. The zero-order chi connectivity index (χ0) is 18.4. The number of carbonyl (C=O) groups is 4. The summed E-state index contributed by atoms with van der Waals surface area (Å²) in [4.78, 5) is 44.9. The molecule has 1 heterocycles. The molecule has 2 N–H and O–H groups in total. The van der Waals surface area contributed by atoms with Gasteiger partial charge in [-0.15, -0.1) is 12.4 Å². The molecule has 0 aliphatic carbocycles. The molecule has 144 valence electrons. The average molecular weight is 384 g/mol. The molecular weight excluding hydrogens is 362 g/mol. The van der Waals surface area contributed by atoms with Crippen molar-refractivity contribution in [2.45, 2.75) is 58.3 Å². The molecule has 0 saturated carbocycles. The van der Waals surface area contributed by atoms with Crippen molar-refractivity contribution in [3.05, 3.63) is 0 Å². The van der Waals surface area contributed by atoms with Gasteiger partial charge in [-0.25, -0.2) is 0 Å². The minimum Gasteiger partial charge on any atom is -0.463 e. The topological polar surface area (TPSA) is 140 Å². The van der Waals surface area contributed by atoms with Crippen molar-refractivity contribution in [1.82, 2.24) is 0 Å². The molecule has 0 amide bonds. The number of esters is 4. The van der Waals surface area contributed by atoms with E-state index in [2.05, 4.69) is 0 Å². The number of hydrogen-bond acceptors (Lipinski definition) is 10. The minimum absolute atomic E-state index is 0. The van der Waals surface area contributed by atoms with E-state index in [1.165, 1.54) is 6.92 Å². The van der Waals surface area contributed by atoms with Crippen LogP contribution in [0.1, 0.15) is 27.7 Å². The molecule has 0 aromatic heterocycles. The summed E-state index contributed by atoms with van der Waals surface area (Å²) in [5.41, 5.74) is 5.93. The van der Waals surface area contributed by atoms with Crippen LogP contribution in [-0.2, 0) is 42.9 Å². The Morgan fingerprint density at radius 2 is 1.32 bits per heavy atom. The highest BCUT2D eigenvalue weighted by atomic mass is 35.5. The second-order valence-electron chi connectivity index (χ2n) is 5.18. The van der Waals surface area contributed by atoms with Gasteiger partial charge >= 0.3 is 23.9 Å². The highest BCUT2D eigenvalue weighted by Gasteiger charge is 2.50. The molecule has 5 atom stereocenters. The lowest BCUT2D eigenvalue weighted by atomic mass is 9.97. The van der Waals surface area contributed by atoms with Crippen LogP contribution in [0.25, 0.3) is 0 Å². The Morgan fingerprint density at radius 3 is 1.76 bits per heavy atom. The van der Waals surface area contributed by atoms with Crippen molar-refractivity contribution in [2.24, 2.45) is 5.73 Å². The Kier molecular flexibility index (Phi) is 9.39. The number of halogens is 1. The molecule has 0 aromatic rings. The van der Waals surface area contributed by atoms with Crippen molar-refractivity contribution in [3.8, 4) is 0 Å². The quantitative estimate of drug-likeness (QED) is 0.485. The molecule has 1 aliphatic heterocycles. The molecule has 1 aliphatic rings. The van der Waals surface area contributed by atoms with Gasteiger partial charge in [0, 0.05) is 27.7 Å². The number of rotatable bonds is 5. The minimum atomic E-state index is -1.26. The number of hydrogen-bond donors (Lipinski definition) is 1. The van der Waals surface area contributed by atoms with Crippen LogP contribution in [0, 0.1) is 0 Å². The monoisotopic (exact) mass is 383 g/mol. The van der Waals surface area contributed by atoms with E-state index in [1.807, 2.05) is 0 Å². The third kappa shape index (κ3) is 7.24. The van der Waals surface area contributed by atoms with E-state index in [1.54, 1.807) is 0 Å². The fraction of sp³-hybridized carbons (Fsp3) is 0.714. The molecule has 1 rings (SSSR count). The Morgan fingerprint density at radius 1 is 0.840 bits per heavy atom. The van der Waals surface area contributed by atoms with E-state index in [-0.39, 0.29) is 19.0 Å². The first kappa shape index (κ1) is 23.1. The van der Waals surface area contributed by atoms with Crippen LogP contribution in [-0.4, -0.2) is 61.1 Å².